The Morgan fingerprint density at radius 1 is 1.12 bits per heavy atom. The van der Waals surface area contributed by atoms with Crippen molar-refractivity contribution in [3.63, 3.8) is 0 Å². The van der Waals surface area contributed by atoms with Gasteiger partial charge in [0, 0.05) is 32.1 Å². The minimum atomic E-state index is -0.200. The van der Waals surface area contributed by atoms with Gasteiger partial charge in [-0.2, -0.15) is 0 Å². The zero-order valence-corrected chi connectivity index (χ0v) is 16.2. The smallest absolute Gasteiger partial charge is 0.191 e. The molecule has 24 heavy (non-hydrogen) atoms. The molecule has 2 N–H and O–H groups in total. The molecular weight excluding hydrogens is 303 g/mol. The lowest BCUT2D eigenvalue weighted by Gasteiger charge is -2.30. The first kappa shape index (κ1) is 20.4. The number of nitrogens with one attached hydrogen (secondary N) is 2. The van der Waals surface area contributed by atoms with Crippen molar-refractivity contribution in [1.82, 2.24) is 15.5 Å². The normalized spacial score (nSPS) is 13.3. The molecule has 4 nitrogen and oxygen atoms in total. The van der Waals surface area contributed by atoms with Gasteiger partial charge >= 0.3 is 0 Å². The van der Waals surface area contributed by atoms with Gasteiger partial charge in [0.15, 0.2) is 5.96 Å². The van der Waals surface area contributed by atoms with E-state index in [4.69, 9.17) is 0 Å². The van der Waals surface area contributed by atoms with Gasteiger partial charge in [-0.1, -0.05) is 39.8 Å². The maximum atomic E-state index is 13.5. The molecule has 0 heterocycles. The fourth-order valence-electron chi connectivity index (χ4n) is 2.77. The molecule has 1 aromatic rings. The van der Waals surface area contributed by atoms with E-state index in [0.717, 1.165) is 24.6 Å². The van der Waals surface area contributed by atoms with Crippen LogP contribution in [0.25, 0.3) is 0 Å². The maximum absolute atomic E-state index is 13.5. The van der Waals surface area contributed by atoms with Gasteiger partial charge in [-0.15, -0.1) is 0 Å². The zero-order chi connectivity index (χ0) is 18.4. The Morgan fingerprint density at radius 2 is 1.75 bits per heavy atom. The molecule has 0 bridgehead atoms. The summed E-state index contributed by atoms with van der Waals surface area (Å²) in [5, 5.41) is 6.75. The Morgan fingerprint density at radius 3 is 2.29 bits per heavy atom. The fraction of sp³-hybridized carbons (Fsp3) is 0.632. The van der Waals surface area contributed by atoms with Crippen LogP contribution in [0.2, 0.25) is 0 Å². The molecule has 0 spiro atoms. The lowest BCUT2D eigenvalue weighted by molar-refractivity contribution is 0.241. The Balaban J connectivity index is 2.60. The lowest BCUT2D eigenvalue weighted by Crippen LogP contribution is -2.47. The number of nitrogens with zero attached hydrogens (tertiary/aromatic N) is 2. The van der Waals surface area contributed by atoms with Crippen molar-refractivity contribution in [3.8, 4) is 0 Å². The van der Waals surface area contributed by atoms with Crippen molar-refractivity contribution in [3.05, 3.63) is 35.6 Å². The van der Waals surface area contributed by atoms with E-state index in [1.165, 1.54) is 6.07 Å². The summed E-state index contributed by atoms with van der Waals surface area (Å²) in [5.74, 6) is 0.569. The Bertz CT molecular complexity index is 550. The highest BCUT2D eigenvalue weighted by atomic mass is 19.1. The van der Waals surface area contributed by atoms with E-state index in [9.17, 15) is 4.39 Å². The standard InChI is InChI=1S/C19H33FN4/c1-18(2,14-24(6)7)12-22-17(21-5)23-13-19(3,4)15-9-8-10-16(20)11-15/h8-11H,12-14H2,1-7H3,(H2,21,22,23). The van der Waals surface area contributed by atoms with Crippen LogP contribution < -0.4 is 10.6 Å². The molecule has 0 saturated carbocycles. The van der Waals surface area contributed by atoms with Crippen molar-refractivity contribution in [2.45, 2.75) is 33.1 Å². The molecule has 1 aromatic carbocycles. The van der Waals surface area contributed by atoms with Gasteiger partial charge in [0.1, 0.15) is 5.82 Å². The second kappa shape index (κ2) is 8.47. The molecule has 0 atom stereocenters. The van der Waals surface area contributed by atoms with Crippen LogP contribution >= 0.6 is 0 Å². The number of benzene rings is 1. The van der Waals surface area contributed by atoms with Gasteiger partial charge in [-0.25, -0.2) is 4.39 Å². The molecular formula is C19H33FN4. The summed E-state index contributed by atoms with van der Waals surface area (Å²) in [4.78, 5) is 6.48. The first-order chi connectivity index (χ1) is 11.1. The Hall–Kier alpha value is -1.62. The Kier molecular flexibility index (Phi) is 7.21. The van der Waals surface area contributed by atoms with E-state index in [1.807, 2.05) is 6.07 Å². The highest BCUT2D eigenvalue weighted by Crippen LogP contribution is 2.22. The molecule has 5 heteroatoms. The van der Waals surface area contributed by atoms with Gasteiger partial charge in [0.05, 0.1) is 0 Å². The van der Waals surface area contributed by atoms with Crippen LogP contribution in [-0.2, 0) is 5.41 Å². The number of rotatable bonds is 7. The molecule has 1 rings (SSSR count). The third kappa shape index (κ3) is 6.87. The predicted molar refractivity (Wildman–Crippen MR) is 101 cm³/mol. The summed E-state index contributed by atoms with van der Waals surface area (Å²) in [6.07, 6.45) is 0. The van der Waals surface area contributed by atoms with Crippen molar-refractivity contribution in [1.29, 1.82) is 0 Å². The highest BCUT2D eigenvalue weighted by molar-refractivity contribution is 5.79. The summed E-state index contributed by atoms with van der Waals surface area (Å²) >= 11 is 0. The van der Waals surface area contributed by atoms with Gasteiger partial charge in [-0.3, -0.25) is 4.99 Å². The number of guanidine groups is 1. The molecule has 0 fully saturated rings. The van der Waals surface area contributed by atoms with Gasteiger partial charge in [-0.05, 0) is 37.2 Å². The third-order valence-electron chi connectivity index (χ3n) is 4.01. The molecule has 0 aromatic heterocycles. The predicted octanol–water partition coefficient (Wildman–Crippen LogP) is 2.86. The van der Waals surface area contributed by atoms with Crippen molar-refractivity contribution in [2.75, 3.05) is 40.8 Å². The van der Waals surface area contributed by atoms with E-state index in [-0.39, 0.29) is 16.6 Å². The Labute approximate surface area is 146 Å². The van der Waals surface area contributed by atoms with Crippen LogP contribution in [0, 0.1) is 11.2 Å². The van der Waals surface area contributed by atoms with Gasteiger partial charge in [0.2, 0.25) is 0 Å². The number of aliphatic imine (C=N–C) groups is 1. The summed E-state index contributed by atoms with van der Waals surface area (Å²) in [5.41, 5.74) is 0.913. The summed E-state index contributed by atoms with van der Waals surface area (Å²) in [6.45, 7) is 11.1. The number of halogens is 1. The summed E-state index contributed by atoms with van der Waals surface area (Å²) in [7, 11) is 5.93. The second-order valence-electron chi connectivity index (χ2n) is 8.08. The van der Waals surface area contributed by atoms with Crippen LogP contribution in [-0.4, -0.2) is 51.6 Å². The molecule has 0 saturated heterocycles. The minimum absolute atomic E-state index is 0.138. The van der Waals surface area contributed by atoms with Gasteiger partial charge < -0.3 is 15.5 Å². The quantitative estimate of drug-likeness (QED) is 0.594. The summed E-state index contributed by atoms with van der Waals surface area (Å²) in [6, 6.07) is 6.78. The molecule has 0 radical (unpaired) electrons. The maximum Gasteiger partial charge on any atom is 0.191 e. The third-order valence-corrected chi connectivity index (χ3v) is 4.01. The average molecular weight is 336 g/mol. The second-order valence-corrected chi connectivity index (χ2v) is 8.08. The largest absolute Gasteiger partial charge is 0.356 e. The monoisotopic (exact) mass is 336 g/mol. The SMILES string of the molecule is CN=C(NCC(C)(C)CN(C)C)NCC(C)(C)c1cccc(F)c1. The first-order valence-corrected chi connectivity index (χ1v) is 8.41. The molecule has 0 unspecified atom stereocenters. The van der Waals surface area contributed by atoms with E-state index >= 15 is 0 Å². The lowest BCUT2D eigenvalue weighted by atomic mass is 9.84. The topological polar surface area (TPSA) is 39.7 Å². The molecule has 136 valence electrons. The van der Waals surface area contributed by atoms with Crippen LogP contribution in [0.15, 0.2) is 29.3 Å². The molecule has 0 aliphatic heterocycles. The number of hydrogen-bond acceptors (Lipinski definition) is 2. The molecule has 0 amide bonds. The average Bonchev–Trinajstić information content (AvgIpc) is 2.46. The van der Waals surface area contributed by atoms with Crippen molar-refractivity contribution in [2.24, 2.45) is 10.4 Å². The van der Waals surface area contributed by atoms with Crippen LogP contribution in [0.5, 0.6) is 0 Å². The minimum Gasteiger partial charge on any atom is -0.356 e. The summed E-state index contributed by atoms with van der Waals surface area (Å²) < 4.78 is 13.5. The van der Waals surface area contributed by atoms with Crippen molar-refractivity contribution < 1.29 is 4.39 Å². The first-order valence-electron chi connectivity index (χ1n) is 8.41. The van der Waals surface area contributed by atoms with E-state index in [1.54, 1.807) is 19.2 Å². The van der Waals surface area contributed by atoms with E-state index in [0.29, 0.717) is 6.54 Å². The molecule has 0 aliphatic rings. The fourth-order valence-corrected chi connectivity index (χ4v) is 2.77. The van der Waals surface area contributed by atoms with E-state index < -0.39 is 0 Å². The highest BCUT2D eigenvalue weighted by Gasteiger charge is 2.23. The molecule has 0 aliphatic carbocycles. The zero-order valence-electron chi connectivity index (χ0n) is 16.2. The number of hydrogen-bond donors (Lipinski definition) is 2. The van der Waals surface area contributed by atoms with Crippen LogP contribution in [0.3, 0.4) is 0 Å². The van der Waals surface area contributed by atoms with Crippen LogP contribution in [0.1, 0.15) is 33.3 Å². The van der Waals surface area contributed by atoms with E-state index in [2.05, 4.69) is 62.3 Å². The van der Waals surface area contributed by atoms with Gasteiger partial charge in [0.25, 0.3) is 0 Å². The van der Waals surface area contributed by atoms with Crippen molar-refractivity contribution >= 4 is 5.96 Å². The van der Waals surface area contributed by atoms with Crippen LogP contribution in [0.4, 0.5) is 4.39 Å².